The molecule has 0 bridgehead atoms. The summed E-state index contributed by atoms with van der Waals surface area (Å²) < 4.78 is 13.2. The Balaban J connectivity index is 1.67. The van der Waals surface area contributed by atoms with E-state index < -0.39 is 11.5 Å². The normalized spacial score (nSPS) is 20.7. The van der Waals surface area contributed by atoms with Crippen LogP contribution >= 0.6 is 11.3 Å². The molecule has 0 saturated heterocycles. The Morgan fingerprint density at radius 3 is 2.73 bits per heavy atom. The second-order valence-corrected chi connectivity index (χ2v) is 9.06. The van der Waals surface area contributed by atoms with Gasteiger partial charge in [-0.2, -0.15) is 5.26 Å². The Morgan fingerprint density at radius 2 is 2.00 bits per heavy atom. The fourth-order valence-electron chi connectivity index (χ4n) is 3.97. The number of allylic oxidation sites excluding steroid dienone is 1. The number of carbonyl (C=O) groups excluding carboxylic acids is 1. The van der Waals surface area contributed by atoms with Gasteiger partial charge in [0.25, 0.3) is 0 Å². The first-order valence-corrected chi connectivity index (χ1v) is 11.3. The van der Waals surface area contributed by atoms with Gasteiger partial charge in [0.05, 0.1) is 17.6 Å². The predicted molar refractivity (Wildman–Crippen MR) is 130 cm³/mol. The quantitative estimate of drug-likeness (QED) is 0.574. The Hall–Kier alpha value is -3.76. The second-order valence-electron chi connectivity index (χ2n) is 8.15. The Bertz CT molecular complexity index is 1290. The molecule has 0 saturated carbocycles. The Kier molecular flexibility index (Phi) is 6.12. The average Bonchev–Trinajstić information content (AvgIpc) is 3.32. The summed E-state index contributed by atoms with van der Waals surface area (Å²) in [5, 5.41) is 11.2. The third-order valence-electron chi connectivity index (χ3n) is 5.97. The highest BCUT2D eigenvalue weighted by atomic mass is 32.1. The van der Waals surface area contributed by atoms with Crippen LogP contribution in [-0.4, -0.2) is 23.8 Å². The fraction of sp³-hybridized carbons (Fsp3) is 0.192. The zero-order valence-electron chi connectivity index (χ0n) is 18.3. The van der Waals surface area contributed by atoms with Crippen molar-refractivity contribution in [3.05, 3.63) is 87.9 Å². The monoisotopic (exact) mass is 458 g/mol. The molecule has 1 aliphatic heterocycles. The third kappa shape index (κ3) is 4.43. The Labute approximate surface area is 196 Å². The predicted octanol–water partition coefficient (Wildman–Crippen LogP) is 5.15. The number of halogens is 1. The van der Waals surface area contributed by atoms with Crippen molar-refractivity contribution in [2.45, 2.75) is 18.9 Å². The number of nitriles is 1. The summed E-state index contributed by atoms with van der Waals surface area (Å²) in [5.41, 5.74) is 8.61. The first kappa shape index (κ1) is 22.4. The van der Waals surface area contributed by atoms with Gasteiger partial charge in [-0.05, 0) is 65.7 Å². The molecule has 0 fully saturated rings. The molecule has 7 heteroatoms. The number of carbonyl (C=O) groups is 1. The largest absolute Gasteiger partial charge is 0.369 e. The summed E-state index contributed by atoms with van der Waals surface area (Å²) in [6.45, 7) is 1.93. The van der Waals surface area contributed by atoms with E-state index in [4.69, 9.17) is 10.7 Å². The maximum Gasteiger partial charge on any atom is 0.235 e. The number of benzene rings is 2. The molecule has 0 radical (unpaired) electrons. The highest BCUT2D eigenvalue weighted by molar-refractivity contribution is 7.10. The van der Waals surface area contributed by atoms with Gasteiger partial charge in [0.15, 0.2) is 5.96 Å². The van der Waals surface area contributed by atoms with Crippen molar-refractivity contribution < 1.29 is 9.18 Å². The second kappa shape index (κ2) is 9.00. The van der Waals surface area contributed by atoms with Crippen molar-refractivity contribution in [1.82, 2.24) is 4.90 Å². The van der Waals surface area contributed by atoms with E-state index in [9.17, 15) is 14.4 Å². The van der Waals surface area contributed by atoms with E-state index in [1.807, 2.05) is 48.7 Å². The summed E-state index contributed by atoms with van der Waals surface area (Å²) in [6, 6.07) is 17.8. The fourth-order valence-corrected chi connectivity index (χ4v) is 5.05. The minimum absolute atomic E-state index is 0.102. The van der Waals surface area contributed by atoms with Crippen LogP contribution < -0.4 is 5.73 Å². The van der Waals surface area contributed by atoms with E-state index >= 15 is 0 Å². The van der Waals surface area contributed by atoms with Gasteiger partial charge in [0, 0.05) is 11.9 Å². The average molecular weight is 459 g/mol. The van der Waals surface area contributed by atoms with Gasteiger partial charge in [0.2, 0.25) is 5.91 Å². The van der Waals surface area contributed by atoms with Crippen molar-refractivity contribution in [3.8, 4) is 17.2 Å². The lowest BCUT2D eigenvalue weighted by Crippen LogP contribution is -2.53. The van der Waals surface area contributed by atoms with Crippen molar-refractivity contribution in [2.75, 3.05) is 7.05 Å². The number of aliphatic imine (C=N–C) groups is 1. The molecule has 1 aromatic heterocycles. The molecule has 2 aromatic carbocycles. The molecule has 33 heavy (non-hydrogen) atoms. The number of amides is 1. The van der Waals surface area contributed by atoms with E-state index in [1.54, 1.807) is 25.2 Å². The van der Waals surface area contributed by atoms with Crippen LogP contribution in [-0.2, 0) is 10.3 Å². The topological polar surface area (TPSA) is 82.5 Å². The number of thiophene rings is 1. The number of hydrogen-bond acceptors (Lipinski definition) is 5. The van der Waals surface area contributed by atoms with Crippen molar-refractivity contribution in [2.24, 2.45) is 16.6 Å². The Morgan fingerprint density at radius 1 is 1.24 bits per heavy atom. The molecule has 3 aromatic rings. The van der Waals surface area contributed by atoms with Gasteiger partial charge in [-0.3, -0.25) is 9.69 Å². The van der Waals surface area contributed by atoms with E-state index in [-0.39, 0.29) is 17.7 Å². The summed E-state index contributed by atoms with van der Waals surface area (Å²) in [5.74, 6) is -0.663. The van der Waals surface area contributed by atoms with Crippen molar-refractivity contribution in [1.29, 1.82) is 5.26 Å². The van der Waals surface area contributed by atoms with Crippen LogP contribution in [0.4, 0.5) is 4.39 Å². The highest BCUT2D eigenvalue weighted by Crippen LogP contribution is 2.44. The lowest BCUT2D eigenvalue weighted by Gasteiger charge is -2.39. The molecular weight excluding hydrogens is 435 g/mol. The summed E-state index contributed by atoms with van der Waals surface area (Å²) in [7, 11) is 1.63. The number of guanidine groups is 1. The highest BCUT2D eigenvalue weighted by Gasteiger charge is 2.46. The molecule has 1 amide bonds. The lowest BCUT2D eigenvalue weighted by molar-refractivity contribution is -0.133. The lowest BCUT2D eigenvalue weighted by atomic mass is 9.79. The molecule has 2 N–H and O–H groups in total. The first-order valence-electron chi connectivity index (χ1n) is 10.5. The minimum atomic E-state index is -0.837. The maximum atomic E-state index is 13.2. The van der Waals surface area contributed by atoms with Crippen LogP contribution in [0.2, 0.25) is 0 Å². The van der Waals surface area contributed by atoms with Crippen LogP contribution in [0, 0.1) is 23.1 Å². The van der Waals surface area contributed by atoms with Crippen LogP contribution in [0.25, 0.3) is 17.2 Å². The van der Waals surface area contributed by atoms with Crippen LogP contribution in [0.15, 0.2) is 71.0 Å². The molecular formula is C26H23FN4OS. The van der Waals surface area contributed by atoms with Gasteiger partial charge < -0.3 is 5.73 Å². The maximum absolute atomic E-state index is 13.2. The number of hydrogen-bond donors (Lipinski definition) is 1. The first-order chi connectivity index (χ1) is 15.8. The van der Waals surface area contributed by atoms with Gasteiger partial charge in [-0.15, -0.1) is 11.3 Å². The summed E-state index contributed by atoms with van der Waals surface area (Å²) in [6.07, 6.45) is 4.25. The zero-order valence-corrected chi connectivity index (χ0v) is 19.1. The van der Waals surface area contributed by atoms with E-state index in [0.29, 0.717) is 12.0 Å². The third-order valence-corrected chi connectivity index (χ3v) is 7.13. The van der Waals surface area contributed by atoms with Crippen molar-refractivity contribution in [3.63, 3.8) is 0 Å². The SMILES string of the molecule is CN1C(=O)C(C/C=C/c2ccc(F)cc2)C(C)(c2cc(-c3cccc(C#N)c3)cs2)N=C1N. The standard InChI is InChI=1S/C26H23FN4OS/c1-26(23-14-20(16-33-23)19-7-3-6-18(13-19)15-28)22(24(32)31(2)25(29)30-26)8-4-5-17-9-11-21(27)12-10-17/h3-7,9-14,16,22H,8H2,1-2H3,(H2,29,30)/b5-4+. The van der Waals surface area contributed by atoms with Gasteiger partial charge in [-0.1, -0.05) is 36.4 Å². The molecule has 2 unspecified atom stereocenters. The molecule has 0 aliphatic carbocycles. The number of nitrogens with two attached hydrogens (primary N) is 1. The minimum Gasteiger partial charge on any atom is -0.369 e. The zero-order chi connectivity index (χ0) is 23.6. The van der Waals surface area contributed by atoms with E-state index in [0.717, 1.165) is 21.6 Å². The molecule has 0 spiro atoms. The van der Waals surface area contributed by atoms with Crippen LogP contribution in [0.3, 0.4) is 0 Å². The molecule has 5 nitrogen and oxygen atoms in total. The van der Waals surface area contributed by atoms with Gasteiger partial charge in [-0.25, -0.2) is 9.38 Å². The van der Waals surface area contributed by atoms with Crippen molar-refractivity contribution >= 4 is 29.3 Å². The van der Waals surface area contributed by atoms with Gasteiger partial charge in [0.1, 0.15) is 11.4 Å². The van der Waals surface area contributed by atoms with E-state index in [1.165, 1.54) is 28.4 Å². The number of nitrogens with zero attached hydrogens (tertiary/aromatic N) is 3. The molecule has 4 rings (SSSR count). The molecule has 1 aliphatic rings. The van der Waals surface area contributed by atoms with Crippen LogP contribution in [0.1, 0.15) is 29.3 Å². The van der Waals surface area contributed by atoms with Gasteiger partial charge >= 0.3 is 0 Å². The number of rotatable bonds is 5. The van der Waals surface area contributed by atoms with E-state index in [2.05, 4.69) is 6.07 Å². The molecule has 166 valence electrons. The summed E-state index contributed by atoms with van der Waals surface area (Å²) in [4.78, 5) is 20.3. The molecule has 2 atom stereocenters. The molecule has 2 heterocycles. The van der Waals surface area contributed by atoms with Crippen LogP contribution in [0.5, 0.6) is 0 Å². The smallest absolute Gasteiger partial charge is 0.235 e. The summed E-state index contributed by atoms with van der Waals surface area (Å²) >= 11 is 1.52.